The van der Waals surface area contributed by atoms with Gasteiger partial charge in [0, 0.05) is 17.3 Å². The van der Waals surface area contributed by atoms with E-state index in [1.807, 2.05) is 45.6 Å². The van der Waals surface area contributed by atoms with Gasteiger partial charge in [0.05, 0.1) is 13.7 Å². The number of rotatable bonds is 6. The van der Waals surface area contributed by atoms with E-state index in [4.69, 9.17) is 9.47 Å². The molecule has 1 amide bonds. The highest BCUT2D eigenvalue weighted by molar-refractivity contribution is 6.07. The molecule has 0 atom stereocenters. The maximum Gasteiger partial charge on any atom is 0.258 e. The van der Waals surface area contributed by atoms with Crippen LogP contribution in [0.4, 0.5) is 5.69 Å². The van der Waals surface area contributed by atoms with E-state index >= 15 is 0 Å². The smallest absolute Gasteiger partial charge is 0.258 e. The summed E-state index contributed by atoms with van der Waals surface area (Å²) in [5.41, 5.74) is 3.72. The summed E-state index contributed by atoms with van der Waals surface area (Å²) in [6, 6.07) is 11.5. The molecule has 0 aliphatic carbocycles. The Labute approximate surface area is 150 Å². The topological polar surface area (TPSA) is 38.8 Å². The van der Waals surface area contributed by atoms with Crippen molar-refractivity contribution in [1.29, 1.82) is 0 Å². The molecule has 2 aromatic rings. The molecule has 0 saturated carbocycles. The van der Waals surface area contributed by atoms with Crippen LogP contribution in [0.15, 0.2) is 36.4 Å². The third-order valence-electron chi connectivity index (χ3n) is 4.07. The third kappa shape index (κ3) is 4.13. The second-order valence-electron chi connectivity index (χ2n) is 6.36. The predicted octanol–water partition coefficient (Wildman–Crippen LogP) is 4.77. The lowest BCUT2D eigenvalue weighted by atomic mass is 10.1. The Balaban J connectivity index is 2.48. The Bertz CT molecular complexity index is 753. The summed E-state index contributed by atoms with van der Waals surface area (Å²) in [6.45, 7) is 10.5. The van der Waals surface area contributed by atoms with Crippen LogP contribution in [-0.4, -0.2) is 25.7 Å². The molecular formula is C21H27NO3. The van der Waals surface area contributed by atoms with E-state index in [0.29, 0.717) is 23.7 Å². The lowest BCUT2D eigenvalue weighted by Crippen LogP contribution is -2.37. The minimum Gasteiger partial charge on any atom is -0.493 e. The highest BCUT2D eigenvalue weighted by atomic mass is 16.5. The number of amides is 1. The fourth-order valence-corrected chi connectivity index (χ4v) is 2.82. The van der Waals surface area contributed by atoms with E-state index in [2.05, 4.69) is 12.1 Å². The monoisotopic (exact) mass is 341 g/mol. The van der Waals surface area contributed by atoms with Gasteiger partial charge in [-0.25, -0.2) is 0 Å². The lowest BCUT2D eigenvalue weighted by Gasteiger charge is -2.29. The zero-order valence-electron chi connectivity index (χ0n) is 15.9. The van der Waals surface area contributed by atoms with Gasteiger partial charge in [-0.15, -0.1) is 0 Å². The molecule has 4 nitrogen and oxygen atoms in total. The van der Waals surface area contributed by atoms with E-state index in [0.717, 1.165) is 16.8 Å². The number of nitrogens with zero attached hydrogens (tertiary/aromatic N) is 1. The number of carbonyl (C=O) groups excluding carboxylic acids is 1. The summed E-state index contributed by atoms with van der Waals surface area (Å²) in [5.74, 6) is 1.16. The first-order valence-corrected chi connectivity index (χ1v) is 8.60. The van der Waals surface area contributed by atoms with Gasteiger partial charge in [0.15, 0.2) is 11.5 Å². The van der Waals surface area contributed by atoms with Gasteiger partial charge >= 0.3 is 0 Å². The fourth-order valence-electron chi connectivity index (χ4n) is 2.82. The molecular weight excluding hydrogens is 314 g/mol. The maximum atomic E-state index is 13.2. The van der Waals surface area contributed by atoms with Gasteiger partial charge in [0.1, 0.15) is 0 Å². The molecule has 134 valence electrons. The van der Waals surface area contributed by atoms with Gasteiger partial charge in [0.25, 0.3) is 5.91 Å². The molecule has 0 heterocycles. The van der Waals surface area contributed by atoms with Crippen molar-refractivity contribution in [1.82, 2.24) is 0 Å². The molecule has 0 N–H and O–H groups in total. The molecule has 0 radical (unpaired) electrons. The fraction of sp³-hybridized carbons (Fsp3) is 0.381. The van der Waals surface area contributed by atoms with Crippen LogP contribution in [0.5, 0.6) is 11.5 Å². The number of benzene rings is 2. The van der Waals surface area contributed by atoms with Crippen molar-refractivity contribution in [3.63, 3.8) is 0 Å². The zero-order valence-corrected chi connectivity index (χ0v) is 15.9. The van der Waals surface area contributed by atoms with E-state index in [-0.39, 0.29) is 11.9 Å². The highest BCUT2D eigenvalue weighted by Gasteiger charge is 2.23. The minimum absolute atomic E-state index is 0.0330. The van der Waals surface area contributed by atoms with Gasteiger partial charge in [-0.2, -0.15) is 0 Å². The van der Waals surface area contributed by atoms with Crippen molar-refractivity contribution < 1.29 is 14.3 Å². The number of aryl methyl sites for hydroxylation is 2. The number of methoxy groups -OCH3 is 1. The molecule has 4 heteroatoms. The number of hydrogen-bond donors (Lipinski definition) is 0. The lowest BCUT2D eigenvalue weighted by molar-refractivity contribution is 0.0979. The number of ether oxygens (including phenoxy) is 2. The molecule has 0 aliphatic heterocycles. The van der Waals surface area contributed by atoms with Crippen molar-refractivity contribution in [3.05, 3.63) is 53.1 Å². The molecule has 0 fully saturated rings. The summed E-state index contributed by atoms with van der Waals surface area (Å²) in [6.07, 6.45) is 0. The van der Waals surface area contributed by atoms with E-state index in [1.165, 1.54) is 0 Å². The summed E-state index contributed by atoms with van der Waals surface area (Å²) in [5, 5.41) is 0. The van der Waals surface area contributed by atoms with Crippen LogP contribution in [0.3, 0.4) is 0 Å². The molecule has 0 spiro atoms. The summed E-state index contributed by atoms with van der Waals surface area (Å²) < 4.78 is 10.9. The Morgan fingerprint density at radius 2 is 1.80 bits per heavy atom. The average Bonchev–Trinajstić information content (AvgIpc) is 2.58. The molecule has 2 rings (SSSR count). The van der Waals surface area contributed by atoms with E-state index < -0.39 is 0 Å². The van der Waals surface area contributed by atoms with Crippen LogP contribution in [0, 0.1) is 13.8 Å². The number of hydrogen-bond acceptors (Lipinski definition) is 3. The SMILES string of the molecule is CCOc1cc(C(=O)N(c2cc(C)ccc2C)C(C)C)ccc1OC. The predicted molar refractivity (Wildman–Crippen MR) is 102 cm³/mol. The van der Waals surface area contributed by atoms with Gasteiger partial charge in [0.2, 0.25) is 0 Å². The molecule has 0 saturated heterocycles. The molecule has 0 unspecified atom stereocenters. The molecule has 0 bridgehead atoms. The van der Waals surface area contributed by atoms with Crippen molar-refractivity contribution in [2.45, 2.75) is 40.7 Å². The highest BCUT2D eigenvalue weighted by Crippen LogP contribution is 2.31. The number of carbonyl (C=O) groups is 1. The summed E-state index contributed by atoms with van der Waals surface area (Å²) in [4.78, 5) is 15.1. The third-order valence-corrected chi connectivity index (χ3v) is 4.07. The van der Waals surface area contributed by atoms with Gasteiger partial charge in [-0.1, -0.05) is 12.1 Å². The first kappa shape index (κ1) is 18.8. The van der Waals surface area contributed by atoms with Crippen LogP contribution < -0.4 is 14.4 Å². The van der Waals surface area contributed by atoms with E-state index in [1.54, 1.807) is 25.3 Å². The zero-order chi connectivity index (χ0) is 18.6. The van der Waals surface area contributed by atoms with Crippen LogP contribution in [0.2, 0.25) is 0 Å². The second-order valence-corrected chi connectivity index (χ2v) is 6.36. The molecule has 0 aliphatic rings. The van der Waals surface area contributed by atoms with Crippen molar-refractivity contribution in [2.24, 2.45) is 0 Å². The standard InChI is InChI=1S/C21H27NO3/c1-7-25-20-13-17(10-11-19(20)24-6)21(23)22(14(2)3)18-12-15(4)8-9-16(18)5/h8-14H,7H2,1-6H3. The van der Waals surface area contributed by atoms with Crippen molar-refractivity contribution in [3.8, 4) is 11.5 Å². The molecule has 2 aromatic carbocycles. The molecule has 25 heavy (non-hydrogen) atoms. The van der Waals surface area contributed by atoms with Crippen LogP contribution in [-0.2, 0) is 0 Å². The van der Waals surface area contributed by atoms with Gasteiger partial charge < -0.3 is 14.4 Å². The Morgan fingerprint density at radius 1 is 1.08 bits per heavy atom. The van der Waals surface area contributed by atoms with Gasteiger partial charge in [-0.3, -0.25) is 4.79 Å². The van der Waals surface area contributed by atoms with Crippen molar-refractivity contribution >= 4 is 11.6 Å². The normalized spacial score (nSPS) is 10.7. The van der Waals surface area contributed by atoms with Crippen molar-refractivity contribution in [2.75, 3.05) is 18.6 Å². The number of anilines is 1. The second kappa shape index (κ2) is 8.06. The first-order chi connectivity index (χ1) is 11.9. The van der Waals surface area contributed by atoms with Gasteiger partial charge in [-0.05, 0) is 70.0 Å². The largest absolute Gasteiger partial charge is 0.493 e. The Kier molecular flexibility index (Phi) is 6.07. The quantitative estimate of drug-likeness (QED) is 0.760. The summed E-state index contributed by atoms with van der Waals surface area (Å²) >= 11 is 0. The Hall–Kier alpha value is -2.49. The minimum atomic E-state index is -0.0488. The Morgan fingerprint density at radius 3 is 2.40 bits per heavy atom. The first-order valence-electron chi connectivity index (χ1n) is 8.60. The molecule has 0 aromatic heterocycles. The van der Waals surface area contributed by atoms with Crippen LogP contribution >= 0.6 is 0 Å². The summed E-state index contributed by atoms with van der Waals surface area (Å²) in [7, 11) is 1.59. The van der Waals surface area contributed by atoms with Crippen LogP contribution in [0.25, 0.3) is 0 Å². The maximum absolute atomic E-state index is 13.2. The van der Waals surface area contributed by atoms with Crippen LogP contribution in [0.1, 0.15) is 42.3 Å². The van der Waals surface area contributed by atoms with E-state index in [9.17, 15) is 4.79 Å². The average molecular weight is 341 g/mol.